The summed E-state index contributed by atoms with van der Waals surface area (Å²) < 4.78 is 5.41. The van der Waals surface area contributed by atoms with Crippen LogP contribution in [-0.4, -0.2) is 42.6 Å². The monoisotopic (exact) mass is 382 g/mol. The van der Waals surface area contributed by atoms with Crippen molar-refractivity contribution < 1.29 is 14.3 Å². The Labute approximate surface area is 164 Å². The number of nitrogens with zero attached hydrogens (tertiary/aromatic N) is 1. The van der Waals surface area contributed by atoms with Crippen molar-refractivity contribution >= 4 is 23.3 Å². The van der Waals surface area contributed by atoms with Gasteiger partial charge in [0.1, 0.15) is 11.9 Å². The number of anilines is 2. The van der Waals surface area contributed by atoms with E-state index in [0.29, 0.717) is 30.9 Å². The highest BCUT2D eigenvalue weighted by molar-refractivity contribution is 5.99. The van der Waals surface area contributed by atoms with Gasteiger partial charge in [0.05, 0.1) is 0 Å². The highest BCUT2D eigenvalue weighted by Crippen LogP contribution is 2.20. The van der Waals surface area contributed by atoms with Gasteiger partial charge in [0.25, 0.3) is 11.8 Å². The van der Waals surface area contributed by atoms with E-state index in [4.69, 9.17) is 4.74 Å². The lowest BCUT2D eigenvalue weighted by Crippen LogP contribution is -2.29. The Morgan fingerprint density at radius 1 is 1.18 bits per heavy atom. The van der Waals surface area contributed by atoms with Gasteiger partial charge in [-0.15, -0.1) is 0 Å². The van der Waals surface area contributed by atoms with Crippen molar-refractivity contribution in [2.75, 3.05) is 30.3 Å². The second kappa shape index (κ2) is 9.32. The Hall–Kier alpha value is -2.93. The van der Waals surface area contributed by atoms with Crippen LogP contribution in [-0.2, 0) is 9.53 Å². The van der Waals surface area contributed by atoms with Crippen molar-refractivity contribution in [3.8, 4) is 0 Å². The third kappa shape index (κ3) is 5.07. The maximum Gasteiger partial charge on any atom is 0.253 e. The van der Waals surface area contributed by atoms with Crippen molar-refractivity contribution in [1.82, 2.24) is 10.3 Å². The number of amides is 2. The molecular formula is C21H26N4O3. The molecule has 0 spiro atoms. The summed E-state index contributed by atoms with van der Waals surface area (Å²) in [4.78, 5) is 29.0. The second-order valence-electron chi connectivity index (χ2n) is 6.87. The molecule has 3 rings (SSSR count). The van der Waals surface area contributed by atoms with Gasteiger partial charge in [-0.3, -0.25) is 9.59 Å². The summed E-state index contributed by atoms with van der Waals surface area (Å²) in [5.41, 5.74) is 3.09. The van der Waals surface area contributed by atoms with Crippen LogP contribution in [0.4, 0.5) is 11.5 Å². The van der Waals surface area contributed by atoms with Crippen LogP contribution >= 0.6 is 0 Å². The number of benzene rings is 1. The summed E-state index contributed by atoms with van der Waals surface area (Å²) in [5.74, 6) is 0.464. The van der Waals surface area contributed by atoms with Crippen LogP contribution < -0.4 is 16.0 Å². The Morgan fingerprint density at radius 2 is 2.04 bits per heavy atom. The summed E-state index contributed by atoms with van der Waals surface area (Å²) in [7, 11) is 0. The highest BCUT2D eigenvalue weighted by Gasteiger charge is 2.24. The molecule has 1 aromatic carbocycles. The van der Waals surface area contributed by atoms with E-state index in [2.05, 4.69) is 20.9 Å². The minimum Gasteiger partial charge on any atom is -0.368 e. The Kier molecular flexibility index (Phi) is 6.60. The van der Waals surface area contributed by atoms with Gasteiger partial charge in [0.15, 0.2) is 0 Å². The van der Waals surface area contributed by atoms with Crippen LogP contribution in [0.5, 0.6) is 0 Å². The fourth-order valence-corrected chi connectivity index (χ4v) is 3.03. The molecule has 1 aliphatic rings. The summed E-state index contributed by atoms with van der Waals surface area (Å²) in [5, 5.41) is 8.96. The first-order valence-electron chi connectivity index (χ1n) is 9.51. The third-order valence-corrected chi connectivity index (χ3v) is 4.69. The van der Waals surface area contributed by atoms with Gasteiger partial charge >= 0.3 is 0 Å². The molecule has 2 heterocycles. The lowest BCUT2D eigenvalue weighted by molar-refractivity contribution is -0.124. The lowest BCUT2D eigenvalue weighted by Gasteiger charge is -2.14. The number of pyridine rings is 1. The van der Waals surface area contributed by atoms with Gasteiger partial charge in [-0.05, 0) is 56.0 Å². The van der Waals surface area contributed by atoms with Gasteiger partial charge < -0.3 is 20.7 Å². The predicted molar refractivity (Wildman–Crippen MR) is 109 cm³/mol. The zero-order valence-electron chi connectivity index (χ0n) is 16.2. The average Bonchev–Trinajstić information content (AvgIpc) is 3.23. The van der Waals surface area contributed by atoms with Crippen LogP contribution in [0.1, 0.15) is 34.3 Å². The first kappa shape index (κ1) is 19.8. The molecule has 1 aromatic heterocycles. The van der Waals surface area contributed by atoms with Gasteiger partial charge in [-0.25, -0.2) is 4.98 Å². The number of hydrogen-bond acceptors (Lipinski definition) is 5. The molecule has 0 bridgehead atoms. The van der Waals surface area contributed by atoms with Crippen molar-refractivity contribution in [3.05, 3.63) is 53.2 Å². The number of aromatic nitrogens is 1. The highest BCUT2D eigenvalue weighted by atomic mass is 16.5. The fraction of sp³-hybridized carbons (Fsp3) is 0.381. The van der Waals surface area contributed by atoms with Crippen LogP contribution in [0.25, 0.3) is 0 Å². The topological polar surface area (TPSA) is 92.4 Å². The molecule has 1 unspecified atom stereocenters. The molecule has 1 aliphatic heterocycles. The second-order valence-corrected chi connectivity index (χ2v) is 6.87. The summed E-state index contributed by atoms with van der Waals surface area (Å²) in [6.07, 6.45) is 2.95. The van der Waals surface area contributed by atoms with E-state index < -0.39 is 6.10 Å². The molecule has 28 heavy (non-hydrogen) atoms. The van der Waals surface area contributed by atoms with Crippen LogP contribution in [0, 0.1) is 13.8 Å². The summed E-state index contributed by atoms with van der Waals surface area (Å²) >= 11 is 0. The standard InChI is InChI=1S/C21H26N4O3/c1-14-7-8-16(13-17(14)25-21(27)18-6-4-12-28-18)20(26)24-11-10-23-19-15(2)5-3-9-22-19/h3,5,7-9,13,18H,4,6,10-12H2,1-2H3,(H,22,23)(H,24,26)(H,25,27). The molecule has 1 fully saturated rings. The molecule has 2 amide bonds. The molecular weight excluding hydrogens is 356 g/mol. The molecule has 2 aromatic rings. The number of hydrogen-bond donors (Lipinski definition) is 3. The van der Waals surface area contributed by atoms with E-state index >= 15 is 0 Å². The zero-order chi connectivity index (χ0) is 19.9. The first-order chi connectivity index (χ1) is 13.5. The Bertz CT molecular complexity index is 847. The Balaban J connectivity index is 1.53. The summed E-state index contributed by atoms with van der Waals surface area (Å²) in [6.45, 7) is 5.52. The van der Waals surface area contributed by atoms with Crippen LogP contribution in [0.15, 0.2) is 36.5 Å². The maximum absolute atomic E-state index is 12.4. The van der Waals surface area contributed by atoms with Crippen molar-refractivity contribution in [2.45, 2.75) is 32.8 Å². The molecule has 1 saturated heterocycles. The van der Waals surface area contributed by atoms with E-state index in [1.807, 2.05) is 32.0 Å². The third-order valence-electron chi connectivity index (χ3n) is 4.69. The van der Waals surface area contributed by atoms with E-state index in [-0.39, 0.29) is 11.8 Å². The SMILES string of the molecule is Cc1ccc(C(=O)NCCNc2ncccc2C)cc1NC(=O)C1CCCO1. The molecule has 0 saturated carbocycles. The zero-order valence-corrected chi connectivity index (χ0v) is 16.2. The molecule has 148 valence electrons. The van der Waals surface area contributed by atoms with Crippen molar-refractivity contribution in [2.24, 2.45) is 0 Å². The summed E-state index contributed by atoms with van der Waals surface area (Å²) in [6, 6.07) is 9.15. The smallest absolute Gasteiger partial charge is 0.253 e. The number of carbonyl (C=O) groups excluding carboxylic acids is 2. The number of ether oxygens (including phenoxy) is 1. The molecule has 0 aliphatic carbocycles. The largest absolute Gasteiger partial charge is 0.368 e. The number of nitrogens with one attached hydrogen (secondary N) is 3. The van der Waals surface area contributed by atoms with Crippen LogP contribution in [0.3, 0.4) is 0 Å². The lowest BCUT2D eigenvalue weighted by atomic mass is 10.1. The van der Waals surface area contributed by atoms with Gasteiger partial charge in [0, 0.05) is 37.1 Å². The van der Waals surface area contributed by atoms with E-state index in [0.717, 1.165) is 29.8 Å². The number of aryl methyl sites for hydroxylation is 2. The normalized spacial score (nSPS) is 15.9. The van der Waals surface area contributed by atoms with Gasteiger partial charge in [-0.1, -0.05) is 12.1 Å². The van der Waals surface area contributed by atoms with E-state index in [9.17, 15) is 9.59 Å². The first-order valence-corrected chi connectivity index (χ1v) is 9.51. The number of rotatable bonds is 7. The van der Waals surface area contributed by atoms with Crippen LogP contribution in [0.2, 0.25) is 0 Å². The van der Waals surface area contributed by atoms with E-state index in [1.165, 1.54) is 0 Å². The molecule has 7 nitrogen and oxygen atoms in total. The fourth-order valence-electron chi connectivity index (χ4n) is 3.03. The number of carbonyl (C=O) groups is 2. The van der Waals surface area contributed by atoms with Crippen molar-refractivity contribution in [1.29, 1.82) is 0 Å². The maximum atomic E-state index is 12.4. The molecule has 0 radical (unpaired) electrons. The van der Waals surface area contributed by atoms with Gasteiger partial charge in [0.2, 0.25) is 0 Å². The van der Waals surface area contributed by atoms with Gasteiger partial charge in [-0.2, -0.15) is 0 Å². The quantitative estimate of drug-likeness (QED) is 0.640. The average molecular weight is 382 g/mol. The Morgan fingerprint density at radius 3 is 2.79 bits per heavy atom. The minimum absolute atomic E-state index is 0.159. The van der Waals surface area contributed by atoms with E-state index in [1.54, 1.807) is 18.3 Å². The molecule has 3 N–H and O–H groups in total. The van der Waals surface area contributed by atoms with Crippen molar-refractivity contribution in [3.63, 3.8) is 0 Å². The molecule has 7 heteroatoms. The minimum atomic E-state index is -0.405. The molecule has 1 atom stereocenters. The predicted octanol–water partition coefficient (Wildman–Crippen LogP) is 2.66.